The predicted molar refractivity (Wildman–Crippen MR) is 105 cm³/mol. The van der Waals surface area contributed by atoms with Gasteiger partial charge in [-0.1, -0.05) is 12.1 Å². The second-order valence-electron chi connectivity index (χ2n) is 6.31. The number of ether oxygens (including phenoxy) is 1. The van der Waals surface area contributed by atoms with Crippen molar-refractivity contribution in [2.24, 2.45) is 0 Å². The fourth-order valence-corrected chi connectivity index (χ4v) is 3.64. The van der Waals surface area contributed by atoms with Gasteiger partial charge in [-0.05, 0) is 34.1 Å². The molecule has 4 amide bonds. The molecule has 2 fully saturated rings. The largest absolute Gasteiger partial charge is 0.440 e. The monoisotopic (exact) mass is 463 g/mol. The number of carbonyl (C=O) groups is 3. The highest BCUT2D eigenvalue weighted by Crippen LogP contribution is 2.32. The van der Waals surface area contributed by atoms with E-state index >= 15 is 0 Å². The SMILES string of the molecule is O=C1NC(=O)N(c2ccccc2F)C(=O)/C1=C\c1cc(Br)c(N2CCOCC2)o1. The highest BCUT2D eigenvalue weighted by atomic mass is 79.9. The second-order valence-corrected chi connectivity index (χ2v) is 7.16. The lowest BCUT2D eigenvalue weighted by Gasteiger charge is -2.27. The predicted octanol–water partition coefficient (Wildman–Crippen LogP) is 2.68. The lowest BCUT2D eigenvalue weighted by molar-refractivity contribution is -0.122. The topological polar surface area (TPSA) is 92.1 Å². The van der Waals surface area contributed by atoms with Crippen molar-refractivity contribution in [1.29, 1.82) is 0 Å². The van der Waals surface area contributed by atoms with Crippen LogP contribution in [0.3, 0.4) is 0 Å². The van der Waals surface area contributed by atoms with Crippen LogP contribution in [0, 0.1) is 5.82 Å². The number of rotatable bonds is 3. The first kappa shape index (κ1) is 19.3. The van der Waals surface area contributed by atoms with E-state index in [2.05, 4.69) is 21.2 Å². The Morgan fingerprint density at radius 2 is 1.86 bits per heavy atom. The number of benzene rings is 1. The van der Waals surface area contributed by atoms with Gasteiger partial charge in [0.15, 0.2) is 0 Å². The summed E-state index contributed by atoms with van der Waals surface area (Å²) in [4.78, 5) is 39.8. The molecule has 2 aromatic rings. The van der Waals surface area contributed by atoms with Crippen molar-refractivity contribution in [3.63, 3.8) is 0 Å². The van der Waals surface area contributed by atoms with Crippen molar-refractivity contribution < 1.29 is 27.9 Å². The number of halogens is 2. The molecule has 0 spiro atoms. The number of barbiturate groups is 1. The van der Waals surface area contributed by atoms with Crippen LogP contribution < -0.4 is 15.1 Å². The summed E-state index contributed by atoms with van der Waals surface area (Å²) in [7, 11) is 0. The zero-order valence-corrected chi connectivity index (χ0v) is 16.6. The Kier molecular flexibility index (Phi) is 5.20. The Morgan fingerprint density at radius 3 is 2.59 bits per heavy atom. The fraction of sp³-hybridized carbons (Fsp3) is 0.211. The van der Waals surface area contributed by atoms with Gasteiger partial charge in [0.25, 0.3) is 11.8 Å². The zero-order valence-electron chi connectivity index (χ0n) is 15.0. The van der Waals surface area contributed by atoms with Gasteiger partial charge in [-0.2, -0.15) is 0 Å². The van der Waals surface area contributed by atoms with Crippen molar-refractivity contribution in [2.45, 2.75) is 0 Å². The number of hydrogen-bond acceptors (Lipinski definition) is 6. The van der Waals surface area contributed by atoms with Crippen LogP contribution in [0.2, 0.25) is 0 Å². The highest BCUT2D eigenvalue weighted by molar-refractivity contribution is 9.10. The molecule has 0 radical (unpaired) electrons. The summed E-state index contributed by atoms with van der Waals surface area (Å²) >= 11 is 3.41. The Hall–Kier alpha value is -2.98. The van der Waals surface area contributed by atoms with E-state index in [4.69, 9.17) is 9.15 Å². The Bertz CT molecular complexity index is 1030. The molecule has 3 heterocycles. The first-order chi connectivity index (χ1) is 14.0. The van der Waals surface area contributed by atoms with Gasteiger partial charge in [0, 0.05) is 19.2 Å². The molecule has 8 nitrogen and oxygen atoms in total. The summed E-state index contributed by atoms with van der Waals surface area (Å²) in [6, 6.07) is 5.91. The van der Waals surface area contributed by atoms with E-state index in [0.717, 1.165) is 6.07 Å². The van der Waals surface area contributed by atoms with Gasteiger partial charge in [0.2, 0.25) is 5.88 Å². The first-order valence-electron chi connectivity index (χ1n) is 8.73. The molecular formula is C19H15BrFN3O5. The molecule has 0 unspecified atom stereocenters. The summed E-state index contributed by atoms with van der Waals surface area (Å²) < 4.78 is 25.9. The highest BCUT2D eigenvalue weighted by Gasteiger charge is 2.38. The number of furan rings is 1. The van der Waals surface area contributed by atoms with Gasteiger partial charge in [-0.25, -0.2) is 14.1 Å². The third-order valence-corrected chi connectivity index (χ3v) is 5.04. The number of nitrogens with zero attached hydrogens (tertiary/aromatic N) is 2. The fourth-order valence-electron chi connectivity index (χ4n) is 3.08. The van der Waals surface area contributed by atoms with Crippen molar-refractivity contribution >= 4 is 51.4 Å². The minimum atomic E-state index is -1.02. The van der Waals surface area contributed by atoms with E-state index in [1.165, 1.54) is 24.3 Å². The number of hydrogen-bond donors (Lipinski definition) is 1. The number of para-hydroxylation sites is 1. The molecule has 2 aliphatic rings. The standard InChI is InChI=1S/C19H15BrFN3O5/c20-13-10-11(29-18(13)23-5-7-28-8-6-23)9-12-16(25)22-19(27)24(17(12)26)15-4-2-1-3-14(15)21/h1-4,9-10H,5-8H2,(H,22,25,27)/b12-9-. The third kappa shape index (κ3) is 3.68. The quantitative estimate of drug-likeness (QED) is 0.555. The van der Waals surface area contributed by atoms with Crippen LogP contribution in [-0.4, -0.2) is 44.1 Å². The third-order valence-electron chi connectivity index (χ3n) is 4.47. The molecule has 1 aromatic heterocycles. The smallest absolute Gasteiger partial charge is 0.336 e. The first-order valence-corrected chi connectivity index (χ1v) is 9.53. The van der Waals surface area contributed by atoms with Gasteiger partial charge in [0.05, 0.1) is 23.4 Å². The number of urea groups is 1. The maximum absolute atomic E-state index is 14.1. The molecular weight excluding hydrogens is 449 g/mol. The summed E-state index contributed by atoms with van der Waals surface area (Å²) in [6.07, 6.45) is 1.23. The van der Waals surface area contributed by atoms with Gasteiger partial charge >= 0.3 is 6.03 Å². The Balaban J connectivity index is 1.67. The normalized spacial score (nSPS) is 19.1. The number of nitrogens with one attached hydrogen (secondary N) is 1. The average Bonchev–Trinajstić information content (AvgIpc) is 3.07. The van der Waals surface area contributed by atoms with E-state index in [9.17, 15) is 18.8 Å². The molecule has 0 saturated carbocycles. The van der Waals surface area contributed by atoms with Crippen molar-refractivity contribution in [3.8, 4) is 0 Å². The zero-order chi connectivity index (χ0) is 20.5. The van der Waals surface area contributed by atoms with Crippen LogP contribution in [0.15, 0.2) is 44.8 Å². The molecule has 0 bridgehead atoms. The number of imide groups is 2. The van der Waals surface area contributed by atoms with E-state index in [1.54, 1.807) is 6.07 Å². The summed E-state index contributed by atoms with van der Waals surface area (Å²) in [5.74, 6) is -1.80. The molecule has 150 valence electrons. The minimum Gasteiger partial charge on any atom is -0.440 e. The van der Waals surface area contributed by atoms with Gasteiger partial charge in [-0.15, -0.1) is 0 Å². The molecule has 1 N–H and O–H groups in total. The summed E-state index contributed by atoms with van der Waals surface area (Å²) in [6.45, 7) is 2.39. The number of anilines is 2. The van der Waals surface area contributed by atoms with Crippen LogP contribution in [0.25, 0.3) is 6.08 Å². The molecule has 2 saturated heterocycles. The number of amides is 4. The van der Waals surface area contributed by atoms with Crippen LogP contribution in [0.5, 0.6) is 0 Å². The van der Waals surface area contributed by atoms with Crippen molar-refractivity contribution in [2.75, 3.05) is 36.1 Å². The second kappa shape index (κ2) is 7.80. The summed E-state index contributed by atoms with van der Waals surface area (Å²) in [5.41, 5.74) is -0.592. The molecule has 0 aliphatic carbocycles. The molecule has 4 rings (SSSR count). The van der Waals surface area contributed by atoms with Crippen LogP contribution in [0.4, 0.5) is 20.8 Å². The van der Waals surface area contributed by atoms with E-state index in [0.29, 0.717) is 41.6 Å². The Morgan fingerprint density at radius 1 is 1.14 bits per heavy atom. The van der Waals surface area contributed by atoms with Crippen LogP contribution in [-0.2, 0) is 14.3 Å². The lowest BCUT2D eigenvalue weighted by Crippen LogP contribution is -2.54. The summed E-state index contributed by atoms with van der Waals surface area (Å²) in [5, 5.41) is 2.05. The number of morpholine rings is 1. The van der Waals surface area contributed by atoms with Gasteiger partial charge in [-0.3, -0.25) is 14.9 Å². The minimum absolute atomic E-state index is 0.236. The van der Waals surface area contributed by atoms with Crippen molar-refractivity contribution in [1.82, 2.24) is 5.32 Å². The molecule has 29 heavy (non-hydrogen) atoms. The van der Waals surface area contributed by atoms with E-state index in [1.807, 2.05) is 4.90 Å². The molecule has 10 heteroatoms. The van der Waals surface area contributed by atoms with E-state index in [-0.39, 0.29) is 17.0 Å². The lowest BCUT2D eigenvalue weighted by atomic mass is 10.1. The van der Waals surface area contributed by atoms with Crippen molar-refractivity contribution in [3.05, 3.63) is 52.0 Å². The average molecular weight is 464 g/mol. The maximum Gasteiger partial charge on any atom is 0.336 e. The Labute approximate surface area is 173 Å². The number of carbonyl (C=O) groups excluding carboxylic acids is 3. The molecule has 2 aliphatic heterocycles. The van der Waals surface area contributed by atoms with Gasteiger partial charge in [0.1, 0.15) is 17.2 Å². The van der Waals surface area contributed by atoms with Crippen LogP contribution >= 0.6 is 15.9 Å². The van der Waals surface area contributed by atoms with Crippen LogP contribution in [0.1, 0.15) is 5.76 Å². The van der Waals surface area contributed by atoms with Gasteiger partial charge < -0.3 is 14.1 Å². The molecule has 1 aromatic carbocycles. The molecule has 0 atom stereocenters. The van der Waals surface area contributed by atoms with E-state index < -0.39 is 23.7 Å². The maximum atomic E-state index is 14.1.